The van der Waals surface area contributed by atoms with Crippen LogP contribution in [0, 0.1) is 6.92 Å². The maximum Gasteiger partial charge on any atom is 0.262 e. The Bertz CT molecular complexity index is 970. The number of benzene rings is 1. The highest BCUT2D eigenvalue weighted by atomic mass is 35.5. The minimum atomic E-state index is 0.0652. The van der Waals surface area contributed by atoms with Gasteiger partial charge in [0.15, 0.2) is 0 Å². The first-order chi connectivity index (χ1) is 13.1. The normalized spacial score (nSPS) is 11.4. The van der Waals surface area contributed by atoms with E-state index in [0.717, 1.165) is 60.5 Å². The monoisotopic (exact) mass is 385 g/mol. The number of aryl methyl sites for hydroxylation is 1. The van der Waals surface area contributed by atoms with Gasteiger partial charge in [0.25, 0.3) is 5.56 Å². The van der Waals surface area contributed by atoms with Gasteiger partial charge in [-0.15, -0.1) is 0 Å². The molecule has 0 aliphatic heterocycles. The van der Waals surface area contributed by atoms with Crippen LogP contribution in [0.2, 0.25) is 5.02 Å². The van der Waals surface area contributed by atoms with Gasteiger partial charge in [0.05, 0.1) is 5.69 Å². The molecule has 0 saturated carbocycles. The van der Waals surface area contributed by atoms with Gasteiger partial charge >= 0.3 is 0 Å². The van der Waals surface area contributed by atoms with Crippen molar-refractivity contribution in [1.82, 2.24) is 14.0 Å². The van der Waals surface area contributed by atoms with Crippen molar-refractivity contribution in [2.75, 3.05) is 0 Å². The smallest absolute Gasteiger partial charge is 0.262 e. The van der Waals surface area contributed by atoms with E-state index in [1.54, 1.807) is 4.40 Å². The second-order valence-corrected chi connectivity index (χ2v) is 7.57. The topological polar surface area (TPSA) is 39.3 Å². The summed E-state index contributed by atoms with van der Waals surface area (Å²) in [5.41, 5.74) is 3.82. The minimum absolute atomic E-state index is 0.0652. The number of hydrogen-bond donors (Lipinski definition) is 0. The average Bonchev–Trinajstić information content (AvgIpc) is 3.10. The van der Waals surface area contributed by atoms with Crippen LogP contribution in [0.4, 0.5) is 0 Å². The summed E-state index contributed by atoms with van der Waals surface area (Å²) < 4.78 is 3.95. The van der Waals surface area contributed by atoms with Crippen molar-refractivity contribution in [1.29, 1.82) is 0 Å². The summed E-state index contributed by atoms with van der Waals surface area (Å²) in [4.78, 5) is 17.9. The van der Waals surface area contributed by atoms with E-state index in [9.17, 15) is 4.79 Å². The van der Waals surface area contributed by atoms with Crippen LogP contribution in [-0.4, -0.2) is 14.0 Å². The second kappa shape index (κ2) is 8.75. The minimum Gasteiger partial charge on any atom is -0.315 e. The van der Waals surface area contributed by atoms with E-state index in [1.165, 1.54) is 12.8 Å². The molecule has 0 radical (unpaired) electrons. The highest BCUT2D eigenvalue weighted by Gasteiger charge is 2.17. The average molecular weight is 386 g/mol. The number of rotatable bonds is 8. The van der Waals surface area contributed by atoms with Gasteiger partial charge in [-0.05, 0) is 38.3 Å². The standard InChI is InChI=1S/C22H28ClN3O/c1-4-6-8-14-25-16(3)19(9-7-5-2)21(27)26-15-20(24-22(25)26)17-10-12-18(23)13-11-17/h10-13,15H,4-9,14H2,1-3H3. The first-order valence-corrected chi connectivity index (χ1v) is 10.3. The molecule has 4 nitrogen and oxygen atoms in total. The number of imidazole rings is 1. The molecule has 3 aromatic rings. The zero-order chi connectivity index (χ0) is 19.4. The lowest BCUT2D eigenvalue weighted by atomic mass is 10.1. The predicted molar refractivity (Wildman–Crippen MR) is 113 cm³/mol. The zero-order valence-electron chi connectivity index (χ0n) is 16.5. The molecule has 0 saturated heterocycles. The Hall–Kier alpha value is -2.07. The Morgan fingerprint density at radius 3 is 2.41 bits per heavy atom. The van der Waals surface area contributed by atoms with E-state index in [0.29, 0.717) is 5.02 Å². The highest BCUT2D eigenvalue weighted by Crippen LogP contribution is 2.22. The molecule has 0 aliphatic carbocycles. The molecule has 0 spiro atoms. The summed E-state index contributed by atoms with van der Waals surface area (Å²) in [6.45, 7) is 7.31. The van der Waals surface area contributed by atoms with Crippen LogP contribution < -0.4 is 5.56 Å². The summed E-state index contributed by atoms with van der Waals surface area (Å²) in [6, 6.07) is 7.60. The molecular formula is C22H28ClN3O. The Morgan fingerprint density at radius 1 is 1.04 bits per heavy atom. The lowest BCUT2D eigenvalue weighted by Gasteiger charge is -2.16. The number of nitrogens with zero attached hydrogens (tertiary/aromatic N) is 3. The van der Waals surface area contributed by atoms with E-state index in [2.05, 4.69) is 25.3 Å². The molecule has 0 N–H and O–H groups in total. The fourth-order valence-electron chi connectivity index (χ4n) is 3.51. The molecule has 3 rings (SSSR count). The van der Waals surface area contributed by atoms with Crippen LogP contribution in [0.1, 0.15) is 57.2 Å². The van der Waals surface area contributed by atoms with Crippen LogP contribution in [0.25, 0.3) is 17.0 Å². The lowest BCUT2D eigenvalue weighted by Crippen LogP contribution is -2.25. The van der Waals surface area contributed by atoms with Crippen LogP contribution in [0.3, 0.4) is 0 Å². The van der Waals surface area contributed by atoms with E-state index in [-0.39, 0.29) is 5.56 Å². The number of fused-ring (bicyclic) bond motifs is 1. The third kappa shape index (κ3) is 4.11. The molecule has 0 aliphatic rings. The summed E-state index contributed by atoms with van der Waals surface area (Å²) in [6.07, 6.45) is 8.22. The number of aromatic nitrogens is 3. The van der Waals surface area contributed by atoms with E-state index < -0.39 is 0 Å². The SMILES string of the molecule is CCCCCn1c(C)c(CCCC)c(=O)n2cc(-c3ccc(Cl)cc3)nc12. The number of halogens is 1. The number of hydrogen-bond acceptors (Lipinski definition) is 2. The van der Waals surface area contributed by atoms with Crippen molar-refractivity contribution < 1.29 is 0 Å². The number of unbranched alkanes of at least 4 members (excludes halogenated alkanes) is 3. The molecule has 144 valence electrons. The zero-order valence-corrected chi connectivity index (χ0v) is 17.2. The summed E-state index contributed by atoms with van der Waals surface area (Å²) in [7, 11) is 0. The van der Waals surface area contributed by atoms with E-state index in [1.807, 2.05) is 30.5 Å². The van der Waals surface area contributed by atoms with Gasteiger partial charge in [-0.2, -0.15) is 0 Å². The molecule has 27 heavy (non-hydrogen) atoms. The maximum absolute atomic E-state index is 13.1. The molecule has 0 amide bonds. The van der Waals surface area contributed by atoms with Crippen LogP contribution in [0.5, 0.6) is 0 Å². The van der Waals surface area contributed by atoms with Crippen molar-refractivity contribution in [3.63, 3.8) is 0 Å². The summed E-state index contributed by atoms with van der Waals surface area (Å²) >= 11 is 6.01. The molecule has 1 aromatic carbocycles. The molecule has 0 fully saturated rings. The summed E-state index contributed by atoms with van der Waals surface area (Å²) in [5, 5.41) is 0.694. The van der Waals surface area contributed by atoms with Gasteiger partial charge in [-0.3, -0.25) is 9.20 Å². The van der Waals surface area contributed by atoms with Gasteiger partial charge < -0.3 is 4.57 Å². The maximum atomic E-state index is 13.1. The molecule has 2 aromatic heterocycles. The van der Waals surface area contributed by atoms with Gasteiger partial charge in [-0.25, -0.2) is 4.98 Å². The molecule has 5 heteroatoms. The van der Waals surface area contributed by atoms with Crippen LogP contribution in [-0.2, 0) is 13.0 Å². The quantitative estimate of drug-likeness (QED) is 0.469. The molecule has 0 unspecified atom stereocenters. The lowest BCUT2D eigenvalue weighted by molar-refractivity contribution is 0.583. The Labute approximate surface area is 165 Å². The Morgan fingerprint density at radius 2 is 1.74 bits per heavy atom. The third-order valence-corrected chi connectivity index (χ3v) is 5.40. The first kappa shape index (κ1) is 19.7. The van der Waals surface area contributed by atoms with Gasteiger partial charge in [-0.1, -0.05) is 56.8 Å². The fourth-order valence-corrected chi connectivity index (χ4v) is 3.64. The molecular weight excluding hydrogens is 358 g/mol. The van der Waals surface area contributed by atoms with Gasteiger partial charge in [0.2, 0.25) is 5.78 Å². The van der Waals surface area contributed by atoms with E-state index >= 15 is 0 Å². The van der Waals surface area contributed by atoms with Crippen LogP contribution in [0.15, 0.2) is 35.3 Å². The molecule has 0 atom stereocenters. The third-order valence-electron chi connectivity index (χ3n) is 5.15. The van der Waals surface area contributed by atoms with Gasteiger partial charge in [0.1, 0.15) is 0 Å². The summed E-state index contributed by atoms with van der Waals surface area (Å²) in [5.74, 6) is 0.735. The first-order valence-electron chi connectivity index (χ1n) is 9.94. The van der Waals surface area contributed by atoms with Crippen molar-refractivity contribution in [2.45, 2.75) is 65.8 Å². The Kier molecular flexibility index (Phi) is 6.38. The van der Waals surface area contributed by atoms with E-state index in [4.69, 9.17) is 16.6 Å². The second-order valence-electron chi connectivity index (χ2n) is 7.13. The predicted octanol–water partition coefficient (Wildman–Crippen LogP) is 5.66. The van der Waals surface area contributed by atoms with Crippen LogP contribution >= 0.6 is 11.6 Å². The molecule has 0 bridgehead atoms. The molecule has 2 heterocycles. The van der Waals surface area contributed by atoms with Crippen molar-refractivity contribution in [3.05, 3.63) is 57.1 Å². The van der Waals surface area contributed by atoms with Gasteiger partial charge in [0, 0.05) is 34.6 Å². The van der Waals surface area contributed by atoms with Crippen molar-refractivity contribution in [2.24, 2.45) is 0 Å². The highest BCUT2D eigenvalue weighted by molar-refractivity contribution is 6.30. The Balaban J connectivity index is 2.15. The fraction of sp³-hybridized carbons (Fsp3) is 0.455. The largest absolute Gasteiger partial charge is 0.315 e. The van der Waals surface area contributed by atoms with Crippen molar-refractivity contribution >= 4 is 17.4 Å². The van der Waals surface area contributed by atoms with Crippen molar-refractivity contribution in [3.8, 4) is 11.3 Å².